The molecular formula is C55H67N5O19. The molecule has 0 radical (unpaired) electrons. The van der Waals surface area contributed by atoms with Gasteiger partial charge >= 0.3 is 12.1 Å². The van der Waals surface area contributed by atoms with Gasteiger partial charge in [-0.15, -0.1) is 0 Å². The number of aliphatic imine (C=N–C) groups is 1. The highest BCUT2D eigenvalue weighted by atomic mass is 16.7. The van der Waals surface area contributed by atoms with Crippen molar-refractivity contribution in [1.29, 1.82) is 0 Å². The van der Waals surface area contributed by atoms with E-state index in [1.54, 1.807) is 36.2 Å². The van der Waals surface area contributed by atoms with Crippen LogP contribution in [0.2, 0.25) is 0 Å². The van der Waals surface area contributed by atoms with Crippen LogP contribution in [0.1, 0.15) is 87.1 Å². The molecule has 5 aliphatic heterocycles. The van der Waals surface area contributed by atoms with E-state index < -0.39 is 73.3 Å². The van der Waals surface area contributed by atoms with Crippen molar-refractivity contribution < 1.29 is 92.2 Å². The number of ketones is 1. The molecule has 24 heteroatoms. The van der Waals surface area contributed by atoms with Gasteiger partial charge in [0.05, 0.1) is 86.9 Å². The molecule has 3 aromatic rings. The third kappa shape index (κ3) is 13.4. The number of carboxylic acids is 1. The lowest BCUT2D eigenvalue weighted by Crippen LogP contribution is -2.61. The number of nitrogens with two attached hydrogens (primary N) is 1. The number of aryl methyl sites for hydroxylation is 1. The molecule has 79 heavy (non-hydrogen) atoms. The first-order valence-electron chi connectivity index (χ1n) is 26.0. The number of aliphatic hydroxyl groups excluding tert-OH is 4. The fraction of sp³-hybridized carbons (Fsp3) is 0.491. The largest absolute Gasteiger partial charge is 0.493 e. The van der Waals surface area contributed by atoms with E-state index in [-0.39, 0.29) is 106 Å². The lowest BCUT2D eigenvalue weighted by molar-refractivity contribution is -0.271. The highest BCUT2D eigenvalue weighted by Gasteiger charge is 2.49. The Morgan fingerprint density at radius 3 is 2.19 bits per heavy atom. The fourth-order valence-corrected chi connectivity index (χ4v) is 9.92. The number of unbranched alkanes of at least 4 members (excludes halogenated alkanes) is 2. The van der Waals surface area contributed by atoms with E-state index >= 15 is 0 Å². The number of carboxylic acid groups (broad SMARTS) is 1. The minimum Gasteiger partial charge on any atom is -0.493 e. The minimum atomic E-state index is -1.99. The zero-order valence-corrected chi connectivity index (χ0v) is 44.0. The van der Waals surface area contributed by atoms with Crippen LogP contribution >= 0.6 is 0 Å². The highest BCUT2D eigenvalue weighted by Crippen LogP contribution is 2.41. The van der Waals surface area contributed by atoms with E-state index in [4.69, 9.17) is 43.8 Å². The van der Waals surface area contributed by atoms with E-state index in [9.17, 15) is 49.5 Å². The maximum atomic E-state index is 14.4. The molecule has 1 unspecified atom stereocenters. The number of hydrogen-bond acceptors (Lipinski definition) is 20. The van der Waals surface area contributed by atoms with Gasteiger partial charge in [-0.3, -0.25) is 19.4 Å². The summed E-state index contributed by atoms with van der Waals surface area (Å²) in [5, 5.41) is 53.0. The smallest absolute Gasteiger partial charge is 0.416 e. The molecule has 5 aliphatic rings. The number of amides is 3. The van der Waals surface area contributed by atoms with Crippen LogP contribution in [0.4, 0.5) is 16.2 Å². The summed E-state index contributed by atoms with van der Waals surface area (Å²) < 4.78 is 45.8. The standard InChI is InChI=1S/C55H67N5O19/c1-30-19-34-26-57-38-24-45(44(71-4)23-35(38)50(65)58(34)27-30)75-14-7-5-6-13-74-43-25-39-36(21-32(43)3)51(66)59-28-31(2)20-40(59)52(67)60(39)55(70)76-29-33-10-11-42(78-54-48(64)46(62)47(63)49(79-54)53(68)69)37(22-33)41(61)9-8-12-72-15-16-73-17-18-77-56/h10-11,21-26,34,40,46-49,52,54,62-64,67H,1-2,5-9,12-20,27-29,56H2,3-4H3,(H,68,69)/t34-,40-,46-,47-,48+,49-,52?,54+/m0/s1. The van der Waals surface area contributed by atoms with Gasteiger partial charge in [0.25, 0.3) is 11.8 Å². The Hall–Kier alpha value is -7.00. The number of Topliss-reactive ketones (excluding diaryl/α,β-unsaturated/α-hetero) is 1. The van der Waals surface area contributed by atoms with Crippen LogP contribution in [0.3, 0.4) is 0 Å². The number of carbonyl (C=O) groups is 5. The Labute approximate surface area is 455 Å². The van der Waals surface area contributed by atoms with Crippen LogP contribution in [0, 0.1) is 6.92 Å². The molecule has 8 atom stereocenters. The van der Waals surface area contributed by atoms with Gasteiger partial charge in [0.1, 0.15) is 36.4 Å². The van der Waals surface area contributed by atoms with Gasteiger partial charge in [0.15, 0.2) is 29.6 Å². The molecule has 7 N–H and O–H groups in total. The molecule has 24 nitrogen and oxygen atoms in total. The number of hydrogen-bond donors (Lipinski definition) is 6. The predicted molar refractivity (Wildman–Crippen MR) is 280 cm³/mol. The molecule has 0 aliphatic carbocycles. The van der Waals surface area contributed by atoms with Crippen molar-refractivity contribution in [2.24, 2.45) is 10.9 Å². The average molecular weight is 1100 g/mol. The van der Waals surface area contributed by atoms with Gasteiger partial charge in [-0.1, -0.05) is 30.4 Å². The van der Waals surface area contributed by atoms with Crippen molar-refractivity contribution in [2.75, 3.05) is 71.3 Å². The maximum Gasteiger partial charge on any atom is 0.416 e. The van der Waals surface area contributed by atoms with Crippen LogP contribution < -0.4 is 29.7 Å². The monoisotopic (exact) mass is 1100 g/mol. The van der Waals surface area contributed by atoms with Crippen LogP contribution in [0.25, 0.3) is 0 Å². The Morgan fingerprint density at radius 2 is 1.46 bits per heavy atom. The zero-order valence-electron chi connectivity index (χ0n) is 44.0. The fourth-order valence-electron chi connectivity index (χ4n) is 9.92. The Kier molecular flexibility index (Phi) is 19.4. The third-order valence-electron chi connectivity index (χ3n) is 14.1. The predicted octanol–water partition coefficient (Wildman–Crippen LogP) is 3.52. The van der Waals surface area contributed by atoms with E-state index in [2.05, 4.69) is 23.0 Å². The molecule has 0 saturated carbocycles. The summed E-state index contributed by atoms with van der Waals surface area (Å²) in [6.07, 6.45) is -7.65. The summed E-state index contributed by atoms with van der Waals surface area (Å²) in [5.41, 5.74) is 3.50. The number of aliphatic hydroxyl groups is 4. The Bertz CT molecular complexity index is 2810. The van der Waals surface area contributed by atoms with Crippen molar-refractivity contribution in [3.8, 4) is 23.0 Å². The van der Waals surface area contributed by atoms with Gasteiger partial charge in [-0.2, -0.15) is 0 Å². The molecule has 3 saturated heterocycles. The topological polar surface area (TPSA) is 318 Å². The van der Waals surface area contributed by atoms with E-state index in [1.165, 1.54) is 36.3 Å². The first-order chi connectivity index (χ1) is 38.0. The lowest BCUT2D eigenvalue weighted by atomic mass is 9.98. The quantitative estimate of drug-likeness (QED) is 0.0306. The van der Waals surface area contributed by atoms with Crippen LogP contribution in [0.15, 0.2) is 71.8 Å². The molecule has 3 aromatic carbocycles. The summed E-state index contributed by atoms with van der Waals surface area (Å²) in [5.74, 6) is 3.32. The lowest BCUT2D eigenvalue weighted by Gasteiger charge is -2.38. The normalized spacial score (nSPS) is 23.4. The van der Waals surface area contributed by atoms with Crippen LogP contribution in [0.5, 0.6) is 23.0 Å². The first-order valence-corrected chi connectivity index (χ1v) is 26.0. The van der Waals surface area contributed by atoms with Gasteiger partial charge in [-0.05, 0) is 80.8 Å². The van der Waals surface area contributed by atoms with Gasteiger partial charge in [-0.25, -0.2) is 20.4 Å². The number of carbonyl (C=O) groups excluding carboxylic acids is 4. The Morgan fingerprint density at radius 1 is 0.759 bits per heavy atom. The number of rotatable bonds is 25. The van der Waals surface area contributed by atoms with Gasteiger partial charge < -0.3 is 78.1 Å². The number of methoxy groups -OCH3 is 1. The molecule has 5 heterocycles. The summed E-state index contributed by atoms with van der Waals surface area (Å²) >= 11 is 0. The number of anilines is 1. The molecular weight excluding hydrogens is 1030 g/mol. The highest BCUT2D eigenvalue weighted by molar-refractivity contribution is 6.06. The molecule has 426 valence electrons. The second-order valence-corrected chi connectivity index (χ2v) is 19.7. The first kappa shape index (κ1) is 58.2. The Balaban J connectivity index is 0.934. The van der Waals surface area contributed by atoms with E-state index in [1.807, 2.05) is 0 Å². The van der Waals surface area contributed by atoms with Gasteiger partial charge in [0.2, 0.25) is 6.29 Å². The van der Waals surface area contributed by atoms with Crippen molar-refractivity contribution in [2.45, 2.75) is 107 Å². The minimum absolute atomic E-state index is 0.0408. The molecule has 8 rings (SSSR count). The number of nitrogens with zero attached hydrogens (tertiary/aromatic N) is 4. The summed E-state index contributed by atoms with van der Waals surface area (Å²) in [4.78, 5) is 80.9. The molecule has 3 amide bonds. The van der Waals surface area contributed by atoms with E-state index in [0.717, 1.165) is 10.5 Å². The van der Waals surface area contributed by atoms with Gasteiger partial charge in [0, 0.05) is 44.5 Å². The number of ether oxygens (including phenoxy) is 8. The van der Waals surface area contributed by atoms with Crippen LogP contribution in [-0.4, -0.2) is 187 Å². The zero-order chi connectivity index (χ0) is 56.5. The van der Waals surface area contributed by atoms with Crippen LogP contribution in [-0.2, 0) is 35.2 Å². The van der Waals surface area contributed by atoms with E-state index in [0.29, 0.717) is 78.5 Å². The van der Waals surface area contributed by atoms with Crippen molar-refractivity contribution >= 4 is 47.2 Å². The third-order valence-corrected chi connectivity index (χ3v) is 14.1. The second-order valence-electron chi connectivity index (χ2n) is 19.7. The molecule has 0 bridgehead atoms. The van der Waals surface area contributed by atoms with Crippen molar-refractivity contribution in [1.82, 2.24) is 9.80 Å². The molecule has 3 fully saturated rings. The summed E-state index contributed by atoms with van der Waals surface area (Å²) in [6.45, 7) is 11.7. The number of fused-ring (bicyclic) bond motifs is 4. The van der Waals surface area contributed by atoms with Crippen molar-refractivity contribution in [3.63, 3.8) is 0 Å². The maximum absolute atomic E-state index is 14.4. The summed E-state index contributed by atoms with van der Waals surface area (Å²) in [7, 11) is 1.51. The number of aliphatic carboxylic acids is 1. The molecule has 0 spiro atoms. The SMILES string of the molecule is C=C1C[C@H]2C=Nc3cc(OCCCCCOc4cc5c(cc4C)C(=O)N4CC(=C)C[C@H]4C(O)N5C(=O)OCc4ccc(O[C@@H]5O[C@H](C(=O)O)[C@@H](O)[C@H](O)[C@H]5O)c(C(=O)CCCOCCOCCON)c4)c(OC)cc3C(=O)N2C1. The average Bonchev–Trinajstić information content (AvgIpc) is 4.15. The van der Waals surface area contributed by atoms with Crippen molar-refractivity contribution in [3.05, 3.63) is 94.6 Å². The number of benzene rings is 3. The summed E-state index contributed by atoms with van der Waals surface area (Å²) in [6, 6.07) is 9.57. The molecule has 0 aromatic heterocycles. The second kappa shape index (κ2) is 26.3.